The van der Waals surface area contributed by atoms with E-state index in [4.69, 9.17) is 15.1 Å². The van der Waals surface area contributed by atoms with Crippen molar-refractivity contribution >= 4 is 5.97 Å². The lowest BCUT2D eigenvalue weighted by Gasteiger charge is -2.06. The van der Waals surface area contributed by atoms with Gasteiger partial charge in [-0.25, -0.2) is 14.8 Å². The molecule has 0 bridgehead atoms. The van der Waals surface area contributed by atoms with Gasteiger partial charge < -0.3 is 9.84 Å². The van der Waals surface area contributed by atoms with Crippen LogP contribution in [0.15, 0.2) is 36.8 Å². The van der Waals surface area contributed by atoms with Crippen LogP contribution in [0.5, 0.6) is 11.6 Å². The summed E-state index contributed by atoms with van der Waals surface area (Å²) in [6.07, 6.45) is 2.70. The van der Waals surface area contributed by atoms with Gasteiger partial charge in [0.1, 0.15) is 17.6 Å². The first-order valence-corrected chi connectivity index (χ1v) is 5.37. The minimum Gasteiger partial charge on any atom is -0.477 e. The molecule has 0 saturated heterocycles. The number of aromatic nitrogens is 2. The Hall–Kier alpha value is -2.94. The summed E-state index contributed by atoms with van der Waals surface area (Å²) in [6, 6.07) is 8.82. The van der Waals surface area contributed by atoms with E-state index in [0.29, 0.717) is 12.2 Å². The van der Waals surface area contributed by atoms with Gasteiger partial charge in [-0.1, -0.05) is 12.1 Å². The summed E-state index contributed by atoms with van der Waals surface area (Å²) in [4.78, 5) is 18.4. The zero-order valence-corrected chi connectivity index (χ0v) is 9.78. The van der Waals surface area contributed by atoms with Crippen LogP contribution in [0.1, 0.15) is 15.9 Å². The van der Waals surface area contributed by atoms with Crippen molar-refractivity contribution in [2.75, 3.05) is 0 Å². The van der Waals surface area contributed by atoms with E-state index in [1.54, 1.807) is 24.3 Å². The highest BCUT2D eigenvalue weighted by atomic mass is 16.5. The number of carboxylic acid groups (broad SMARTS) is 1. The number of hydrogen-bond donors (Lipinski definition) is 1. The van der Waals surface area contributed by atoms with Crippen molar-refractivity contribution in [1.82, 2.24) is 9.97 Å². The maximum absolute atomic E-state index is 11.0. The quantitative estimate of drug-likeness (QED) is 0.897. The van der Waals surface area contributed by atoms with Crippen LogP contribution >= 0.6 is 0 Å². The third-order valence-corrected chi connectivity index (χ3v) is 2.33. The zero-order chi connectivity index (χ0) is 13.7. The van der Waals surface area contributed by atoms with E-state index >= 15 is 0 Å². The molecule has 2 aromatic rings. The lowest BCUT2D eigenvalue weighted by Crippen LogP contribution is -2.02. The highest BCUT2D eigenvalue weighted by molar-refractivity contribution is 5.89. The van der Waals surface area contributed by atoms with Gasteiger partial charge in [-0.3, -0.25) is 0 Å². The molecule has 0 saturated carbocycles. The highest BCUT2D eigenvalue weighted by Gasteiger charge is 2.13. The number of carboxylic acids is 1. The van der Waals surface area contributed by atoms with Gasteiger partial charge in [0.2, 0.25) is 5.88 Å². The highest BCUT2D eigenvalue weighted by Crippen LogP contribution is 2.22. The monoisotopic (exact) mass is 255 g/mol. The topological polar surface area (TPSA) is 96.1 Å². The van der Waals surface area contributed by atoms with Crippen LogP contribution in [0.2, 0.25) is 0 Å². The van der Waals surface area contributed by atoms with Crippen LogP contribution < -0.4 is 4.74 Å². The second-order valence-corrected chi connectivity index (χ2v) is 3.63. The fourth-order valence-electron chi connectivity index (χ4n) is 1.42. The predicted molar refractivity (Wildman–Crippen MR) is 64.8 cm³/mol. The molecule has 0 unspecified atom stereocenters. The van der Waals surface area contributed by atoms with Crippen LogP contribution in [0.25, 0.3) is 0 Å². The van der Waals surface area contributed by atoms with Crippen molar-refractivity contribution in [1.29, 1.82) is 5.26 Å². The molecule has 0 aliphatic rings. The van der Waals surface area contributed by atoms with Gasteiger partial charge in [0, 0.05) is 6.20 Å². The molecule has 1 aromatic carbocycles. The van der Waals surface area contributed by atoms with E-state index in [1.165, 1.54) is 12.5 Å². The molecule has 19 heavy (non-hydrogen) atoms. The van der Waals surface area contributed by atoms with E-state index < -0.39 is 5.97 Å². The third-order valence-electron chi connectivity index (χ3n) is 2.33. The summed E-state index contributed by atoms with van der Waals surface area (Å²) in [5.41, 5.74) is 0.750. The van der Waals surface area contributed by atoms with Gasteiger partial charge in [-0.15, -0.1) is 0 Å². The van der Waals surface area contributed by atoms with Gasteiger partial charge in [0.25, 0.3) is 0 Å². The van der Waals surface area contributed by atoms with Gasteiger partial charge in [0.15, 0.2) is 0 Å². The second-order valence-electron chi connectivity index (χ2n) is 3.63. The maximum Gasteiger partial charge on any atom is 0.342 e. The molecule has 0 aliphatic carbocycles. The molecule has 0 fully saturated rings. The van der Waals surface area contributed by atoms with E-state index in [0.717, 1.165) is 5.56 Å². The molecule has 1 heterocycles. The standard InChI is InChI=1S/C13H9N3O3/c14-6-5-9-1-3-10(4-2-9)19-12-11(13(17)18)7-15-8-16-12/h1-4,7-8H,5H2,(H,17,18). The van der Waals surface area contributed by atoms with Crippen LogP contribution in [-0.4, -0.2) is 21.0 Å². The molecule has 94 valence electrons. The first-order valence-electron chi connectivity index (χ1n) is 5.37. The predicted octanol–water partition coefficient (Wildman–Crippen LogP) is 2.03. The molecule has 0 amide bonds. The summed E-state index contributed by atoms with van der Waals surface area (Å²) in [6.45, 7) is 0. The van der Waals surface area contributed by atoms with Crippen LogP contribution in [-0.2, 0) is 6.42 Å². The van der Waals surface area contributed by atoms with E-state index in [1.807, 2.05) is 6.07 Å². The second kappa shape index (κ2) is 5.60. The molecule has 0 spiro atoms. The number of carbonyl (C=O) groups is 1. The number of ether oxygens (including phenoxy) is 1. The summed E-state index contributed by atoms with van der Waals surface area (Å²) in [5.74, 6) is -0.727. The molecule has 6 nitrogen and oxygen atoms in total. The van der Waals surface area contributed by atoms with Gasteiger partial charge in [0.05, 0.1) is 12.5 Å². The lowest BCUT2D eigenvalue weighted by molar-refractivity contribution is 0.0693. The van der Waals surface area contributed by atoms with Crippen LogP contribution in [0, 0.1) is 11.3 Å². The van der Waals surface area contributed by atoms with Crippen molar-refractivity contribution in [2.45, 2.75) is 6.42 Å². The number of nitrogens with zero attached hydrogens (tertiary/aromatic N) is 3. The van der Waals surface area contributed by atoms with Gasteiger partial charge in [-0.2, -0.15) is 5.26 Å². The third kappa shape index (κ3) is 3.04. The fourth-order valence-corrected chi connectivity index (χ4v) is 1.42. The van der Waals surface area contributed by atoms with E-state index in [2.05, 4.69) is 9.97 Å². The lowest BCUT2D eigenvalue weighted by atomic mass is 10.2. The summed E-state index contributed by atoms with van der Waals surface area (Å²) in [7, 11) is 0. The van der Waals surface area contributed by atoms with Crippen molar-refractivity contribution in [3.63, 3.8) is 0 Å². The molecular formula is C13H9N3O3. The fraction of sp³-hybridized carbons (Fsp3) is 0.0769. The Morgan fingerprint density at radius 2 is 2.11 bits per heavy atom. The van der Waals surface area contributed by atoms with E-state index in [-0.39, 0.29) is 11.4 Å². The minimum absolute atomic E-state index is 0.0180. The minimum atomic E-state index is -1.16. The average molecular weight is 255 g/mol. The Morgan fingerprint density at radius 3 is 2.74 bits per heavy atom. The Kier molecular flexibility index (Phi) is 3.69. The van der Waals surface area contributed by atoms with Crippen molar-refractivity contribution in [3.05, 3.63) is 47.9 Å². The smallest absolute Gasteiger partial charge is 0.342 e. The van der Waals surface area contributed by atoms with E-state index in [9.17, 15) is 4.79 Å². The van der Waals surface area contributed by atoms with Crippen molar-refractivity contribution < 1.29 is 14.6 Å². The molecule has 0 aliphatic heterocycles. The molecule has 0 radical (unpaired) electrons. The largest absolute Gasteiger partial charge is 0.477 e. The van der Waals surface area contributed by atoms with Crippen LogP contribution in [0.4, 0.5) is 0 Å². The number of nitriles is 1. The summed E-state index contributed by atoms with van der Waals surface area (Å²) in [5, 5.41) is 17.5. The molecule has 0 atom stereocenters. The SMILES string of the molecule is N#CCc1ccc(Oc2ncncc2C(=O)O)cc1. The van der Waals surface area contributed by atoms with Crippen molar-refractivity contribution in [3.8, 4) is 17.7 Å². The molecular weight excluding hydrogens is 246 g/mol. The normalized spacial score (nSPS) is 9.63. The molecule has 2 rings (SSSR count). The van der Waals surface area contributed by atoms with Gasteiger partial charge >= 0.3 is 5.97 Å². The Bertz CT molecular complexity index is 632. The number of rotatable bonds is 4. The first-order chi connectivity index (χ1) is 9.20. The molecule has 6 heteroatoms. The Balaban J connectivity index is 2.22. The maximum atomic E-state index is 11.0. The van der Waals surface area contributed by atoms with Crippen molar-refractivity contribution in [2.24, 2.45) is 0 Å². The average Bonchev–Trinajstić information content (AvgIpc) is 2.42. The van der Waals surface area contributed by atoms with Gasteiger partial charge in [-0.05, 0) is 17.7 Å². The summed E-state index contributed by atoms with van der Waals surface area (Å²) < 4.78 is 5.39. The molecule has 1 N–H and O–H groups in total. The Morgan fingerprint density at radius 1 is 1.37 bits per heavy atom. The number of aromatic carboxylic acids is 1. The Labute approximate surface area is 108 Å². The number of hydrogen-bond acceptors (Lipinski definition) is 5. The number of benzene rings is 1. The first kappa shape index (κ1) is 12.5. The molecule has 1 aromatic heterocycles. The zero-order valence-electron chi connectivity index (χ0n) is 9.78. The van der Waals surface area contributed by atoms with Crippen LogP contribution in [0.3, 0.4) is 0 Å². The summed E-state index contributed by atoms with van der Waals surface area (Å²) >= 11 is 0.